The molecule has 4 heteroatoms. The van der Waals surface area contributed by atoms with Crippen LogP contribution in [0.15, 0.2) is 36.0 Å². The van der Waals surface area contributed by atoms with Crippen molar-refractivity contribution in [3.8, 4) is 0 Å². The summed E-state index contributed by atoms with van der Waals surface area (Å²) in [7, 11) is 0. The monoisotopic (exact) mass is 695 g/mol. The zero-order valence-corrected chi connectivity index (χ0v) is 33.6. The average Bonchev–Trinajstić information content (AvgIpc) is 3.43. The number of ether oxygens (including phenoxy) is 1. The van der Waals surface area contributed by atoms with Crippen LogP contribution in [0, 0.1) is 46.3 Å². The van der Waals surface area contributed by atoms with E-state index in [-0.39, 0.29) is 23.7 Å². The number of hydrogen-bond acceptors (Lipinski definition) is 4. The predicted octanol–water partition coefficient (Wildman–Crippen LogP) is 12.1. The van der Waals surface area contributed by atoms with Crippen molar-refractivity contribution in [3.05, 3.63) is 36.0 Å². The third-order valence-electron chi connectivity index (χ3n) is 14.6. The summed E-state index contributed by atoms with van der Waals surface area (Å²) in [5.41, 5.74) is 0.0366. The first-order chi connectivity index (χ1) is 23.9. The number of carbonyl (C=O) groups excluding carboxylic acids is 1. The summed E-state index contributed by atoms with van der Waals surface area (Å²) in [5, 5.41) is 23.3. The van der Waals surface area contributed by atoms with Gasteiger partial charge in [0.25, 0.3) is 0 Å². The van der Waals surface area contributed by atoms with Crippen LogP contribution in [0.3, 0.4) is 0 Å². The highest BCUT2D eigenvalue weighted by Crippen LogP contribution is 2.68. The summed E-state index contributed by atoms with van der Waals surface area (Å²) in [5.74, 6) is 2.95. The van der Waals surface area contributed by atoms with Crippen LogP contribution in [-0.4, -0.2) is 34.0 Å². The van der Waals surface area contributed by atoms with Crippen LogP contribution in [0.25, 0.3) is 0 Å². The molecule has 0 aromatic rings. The molecule has 4 rings (SSSR count). The Kier molecular flexibility index (Phi) is 15.8. The van der Waals surface area contributed by atoms with Gasteiger partial charge in [0.15, 0.2) is 0 Å². The second-order valence-corrected chi connectivity index (χ2v) is 18.3. The summed E-state index contributed by atoms with van der Waals surface area (Å²) in [6.07, 6.45) is 33.4. The lowest BCUT2D eigenvalue weighted by molar-refractivity contribution is -0.222. The van der Waals surface area contributed by atoms with Gasteiger partial charge in [0.05, 0.1) is 6.10 Å². The fourth-order valence-electron chi connectivity index (χ4n) is 10.8. The van der Waals surface area contributed by atoms with Crippen molar-refractivity contribution in [1.82, 2.24) is 0 Å². The second kappa shape index (κ2) is 19.1. The highest BCUT2D eigenvalue weighted by molar-refractivity contribution is 5.70. The highest BCUT2D eigenvalue weighted by Gasteiger charge is 2.66. The molecule has 0 aromatic heterocycles. The molecule has 0 aliphatic heterocycles. The maximum Gasteiger partial charge on any atom is 0.306 e. The van der Waals surface area contributed by atoms with Gasteiger partial charge >= 0.3 is 5.97 Å². The first-order valence-electron chi connectivity index (χ1n) is 21.5. The minimum absolute atomic E-state index is 0.195. The van der Waals surface area contributed by atoms with Gasteiger partial charge in [-0.1, -0.05) is 130 Å². The van der Waals surface area contributed by atoms with Crippen molar-refractivity contribution in [2.75, 3.05) is 0 Å². The predicted molar refractivity (Wildman–Crippen MR) is 210 cm³/mol. The van der Waals surface area contributed by atoms with E-state index in [4.69, 9.17) is 4.74 Å². The summed E-state index contributed by atoms with van der Waals surface area (Å²) in [6.45, 7) is 16.4. The van der Waals surface area contributed by atoms with E-state index in [0.29, 0.717) is 42.4 Å². The lowest BCUT2D eigenvalue weighted by Gasteiger charge is -2.62. The zero-order valence-electron chi connectivity index (χ0n) is 33.6. The van der Waals surface area contributed by atoms with Crippen molar-refractivity contribution in [1.29, 1.82) is 0 Å². The first-order valence-corrected chi connectivity index (χ1v) is 21.5. The first kappa shape index (κ1) is 41.4. The van der Waals surface area contributed by atoms with E-state index in [9.17, 15) is 15.0 Å². The fourth-order valence-corrected chi connectivity index (χ4v) is 10.8. The lowest BCUT2D eigenvalue weighted by Crippen LogP contribution is -2.66. The van der Waals surface area contributed by atoms with E-state index in [1.165, 1.54) is 82.6 Å². The molecule has 0 radical (unpaired) electrons. The Morgan fingerprint density at radius 2 is 1.48 bits per heavy atom. The van der Waals surface area contributed by atoms with Gasteiger partial charge in [-0.25, -0.2) is 0 Å². The van der Waals surface area contributed by atoms with Crippen LogP contribution >= 0.6 is 0 Å². The molecular weight excluding hydrogens is 617 g/mol. The molecule has 0 spiro atoms. The number of allylic oxidation sites excluding steroid dienone is 5. The second-order valence-electron chi connectivity index (χ2n) is 18.3. The van der Waals surface area contributed by atoms with Gasteiger partial charge in [0.2, 0.25) is 0 Å². The van der Waals surface area contributed by atoms with Gasteiger partial charge in [0.1, 0.15) is 11.7 Å². The van der Waals surface area contributed by atoms with E-state index < -0.39 is 23.2 Å². The molecule has 2 N–H and O–H groups in total. The Bertz CT molecular complexity index is 1140. The number of esters is 1. The number of fused-ring (bicyclic) bond motifs is 5. The van der Waals surface area contributed by atoms with Crippen LogP contribution in [0.5, 0.6) is 0 Å². The molecule has 50 heavy (non-hydrogen) atoms. The highest BCUT2D eigenvalue weighted by atomic mass is 16.6. The van der Waals surface area contributed by atoms with E-state index in [0.717, 1.165) is 38.5 Å². The van der Waals surface area contributed by atoms with Crippen molar-refractivity contribution < 1.29 is 19.7 Å². The number of hydrogen-bond donors (Lipinski definition) is 2. The molecule has 4 aliphatic rings. The maximum absolute atomic E-state index is 13.4. The van der Waals surface area contributed by atoms with E-state index in [1.54, 1.807) is 0 Å². The number of unbranched alkanes of at least 4 members (excludes halogenated alkanes) is 11. The normalized spacial score (nSPS) is 35.2. The topological polar surface area (TPSA) is 66.8 Å². The maximum atomic E-state index is 13.4. The quantitative estimate of drug-likeness (QED) is 0.0756. The summed E-state index contributed by atoms with van der Waals surface area (Å²) in [6, 6.07) is 0. The zero-order chi connectivity index (χ0) is 36.4. The molecular formula is C46H78O4. The van der Waals surface area contributed by atoms with E-state index >= 15 is 0 Å². The number of carbonyl (C=O) groups is 1. The number of rotatable bonds is 20. The van der Waals surface area contributed by atoms with Crippen molar-refractivity contribution in [3.63, 3.8) is 0 Å². The molecule has 0 bridgehead atoms. The largest absolute Gasteiger partial charge is 0.455 e. The Labute approximate surface area is 308 Å². The molecule has 0 amide bonds. The summed E-state index contributed by atoms with van der Waals surface area (Å²) in [4.78, 5) is 13.4. The number of aliphatic hydroxyl groups is 2. The molecule has 3 fully saturated rings. The van der Waals surface area contributed by atoms with Crippen LogP contribution in [0.2, 0.25) is 0 Å². The molecule has 0 heterocycles. The van der Waals surface area contributed by atoms with Gasteiger partial charge in [-0.15, -0.1) is 0 Å². The van der Waals surface area contributed by atoms with Gasteiger partial charge in [-0.3, -0.25) is 4.79 Å². The van der Waals surface area contributed by atoms with Crippen molar-refractivity contribution in [2.24, 2.45) is 46.3 Å². The average molecular weight is 695 g/mol. The summed E-state index contributed by atoms with van der Waals surface area (Å²) >= 11 is 0. The van der Waals surface area contributed by atoms with Gasteiger partial charge in [-0.2, -0.15) is 0 Å². The standard InChI is InChI=1S/C46H78O4/c1-8-9-10-11-12-13-14-15-16-17-18-19-20-21-22-23-43(48)50-42-32-38-40-27-26-39(36(5)25-24-35(4)34(2)3)44(40,6)30-29-41(38)45(7)31-28-37(47)33-46(42,45)49/h15-16,24-25,32,34-37,39-42,47,49H,8-14,17-23,26-31,33H2,1-7H3/b16-15?,25-24+/t35-,36+,37-,39+,40-,41-,42-,44+,45+,46-/m0/s1. The molecule has 0 saturated heterocycles. The van der Waals surface area contributed by atoms with Crippen LogP contribution in [-0.2, 0) is 9.53 Å². The SMILES string of the molecule is CCCCCCCCC=CCCCCCCCC(=O)O[C@H]1C=C2[C@@H]3CC[C@H]([C@H](C)/C=C/[C@H](C)C(C)C)[C@@]3(C)CC[C@@H]2[C@@]2(C)CC[C@H](O)C[C@]12O. The Morgan fingerprint density at radius 1 is 0.840 bits per heavy atom. The molecule has 3 saturated carbocycles. The van der Waals surface area contributed by atoms with Crippen LogP contribution in [0.1, 0.15) is 183 Å². The minimum Gasteiger partial charge on any atom is -0.455 e. The van der Waals surface area contributed by atoms with Crippen LogP contribution in [0.4, 0.5) is 0 Å². The molecule has 0 unspecified atom stereocenters. The van der Waals surface area contributed by atoms with Crippen molar-refractivity contribution in [2.45, 2.75) is 201 Å². The van der Waals surface area contributed by atoms with Crippen molar-refractivity contribution >= 4 is 5.97 Å². The van der Waals surface area contributed by atoms with Crippen LogP contribution < -0.4 is 0 Å². The van der Waals surface area contributed by atoms with E-state index in [2.05, 4.69) is 78.8 Å². The molecule has 0 aromatic carbocycles. The molecule has 10 atom stereocenters. The third-order valence-corrected chi connectivity index (χ3v) is 14.6. The summed E-state index contributed by atoms with van der Waals surface area (Å²) < 4.78 is 6.29. The number of aliphatic hydroxyl groups excluding tert-OH is 1. The molecule has 4 aliphatic carbocycles. The molecule has 4 nitrogen and oxygen atoms in total. The van der Waals surface area contributed by atoms with E-state index in [1.807, 2.05) is 0 Å². The fraction of sp³-hybridized carbons (Fsp3) is 0.848. The smallest absolute Gasteiger partial charge is 0.306 e. The lowest BCUT2D eigenvalue weighted by atomic mass is 9.45. The third kappa shape index (κ3) is 9.77. The Morgan fingerprint density at radius 3 is 2.14 bits per heavy atom. The molecule has 286 valence electrons. The van der Waals surface area contributed by atoms with Gasteiger partial charge in [-0.05, 0) is 118 Å². The van der Waals surface area contributed by atoms with Gasteiger partial charge in [0, 0.05) is 18.3 Å². The Balaban J connectivity index is 1.31. The van der Waals surface area contributed by atoms with Gasteiger partial charge < -0.3 is 14.9 Å². The minimum atomic E-state index is -1.23. The Hall–Kier alpha value is -1.39.